The molecule has 98 valence electrons. The Hall–Kier alpha value is -1.91. The average Bonchev–Trinajstić information content (AvgIpc) is 2.29. The molecule has 18 heavy (non-hydrogen) atoms. The predicted molar refractivity (Wildman–Crippen MR) is 64.9 cm³/mol. The van der Waals surface area contributed by atoms with Crippen LogP contribution in [0.5, 0.6) is 0 Å². The molecular formula is C13H16FNO3. The molecule has 1 aromatic rings. The number of hydrogen-bond acceptors (Lipinski definition) is 2. The standard InChI is InChI=1S/C13H16FNO3/c1-8-4-5-9(6-10(8)14)11(16)15-7-13(2,3)12(17)18/h4-6H,7H2,1-3H3,(H,15,16)(H,17,18). The van der Waals surface area contributed by atoms with Crippen LogP contribution in [0.3, 0.4) is 0 Å². The second-order valence-electron chi connectivity index (χ2n) is 4.84. The van der Waals surface area contributed by atoms with E-state index in [9.17, 15) is 14.0 Å². The molecule has 5 heteroatoms. The number of aryl methyl sites for hydroxylation is 1. The molecule has 0 radical (unpaired) electrons. The monoisotopic (exact) mass is 253 g/mol. The molecule has 2 N–H and O–H groups in total. The zero-order chi connectivity index (χ0) is 13.9. The summed E-state index contributed by atoms with van der Waals surface area (Å²) in [7, 11) is 0. The number of carbonyl (C=O) groups excluding carboxylic acids is 1. The molecule has 0 aliphatic carbocycles. The van der Waals surface area contributed by atoms with E-state index in [1.165, 1.54) is 26.0 Å². The second-order valence-corrected chi connectivity index (χ2v) is 4.84. The van der Waals surface area contributed by atoms with Gasteiger partial charge in [0.25, 0.3) is 5.91 Å². The van der Waals surface area contributed by atoms with E-state index in [-0.39, 0.29) is 12.1 Å². The van der Waals surface area contributed by atoms with E-state index in [1.807, 2.05) is 0 Å². The van der Waals surface area contributed by atoms with Gasteiger partial charge in [0.2, 0.25) is 0 Å². The first-order valence-electron chi connectivity index (χ1n) is 5.52. The first kappa shape index (κ1) is 14.2. The van der Waals surface area contributed by atoms with Gasteiger partial charge in [-0.2, -0.15) is 0 Å². The molecule has 0 aromatic heterocycles. The van der Waals surface area contributed by atoms with Crippen LogP contribution >= 0.6 is 0 Å². The summed E-state index contributed by atoms with van der Waals surface area (Å²) in [6.45, 7) is 4.60. The Balaban J connectivity index is 2.72. The quantitative estimate of drug-likeness (QED) is 0.862. The largest absolute Gasteiger partial charge is 0.481 e. The lowest BCUT2D eigenvalue weighted by atomic mass is 9.94. The van der Waals surface area contributed by atoms with E-state index in [4.69, 9.17) is 5.11 Å². The van der Waals surface area contributed by atoms with Gasteiger partial charge in [-0.15, -0.1) is 0 Å². The number of carbonyl (C=O) groups is 2. The molecule has 0 aliphatic rings. The Bertz CT molecular complexity index is 483. The van der Waals surface area contributed by atoms with Gasteiger partial charge in [0.1, 0.15) is 5.82 Å². The lowest BCUT2D eigenvalue weighted by molar-refractivity contribution is -0.146. The molecule has 0 aliphatic heterocycles. The zero-order valence-electron chi connectivity index (χ0n) is 10.6. The zero-order valence-corrected chi connectivity index (χ0v) is 10.6. The maximum Gasteiger partial charge on any atom is 0.310 e. The van der Waals surface area contributed by atoms with Crippen LogP contribution in [0.25, 0.3) is 0 Å². The third-order valence-corrected chi connectivity index (χ3v) is 2.70. The van der Waals surface area contributed by atoms with Gasteiger partial charge in [-0.3, -0.25) is 9.59 Å². The summed E-state index contributed by atoms with van der Waals surface area (Å²) in [6.07, 6.45) is 0. The lowest BCUT2D eigenvalue weighted by Gasteiger charge is -2.19. The van der Waals surface area contributed by atoms with Crippen molar-refractivity contribution in [1.82, 2.24) is 5.32 Å². The highest BCUT2D eigenvalue weighted by Crippen LogP contribution is 2.14. The van der Waals surface area contributed by atoms with Gasteiger partial charge < -0.3 is 10.4 Å². The topological polar surface area (TPSA) is 66.4 Å². The number of halogens is 1. The predicted octanol–water partition coefficient (Wildman–Crippen LogP) is 1.97. The Morgan fingerprint density at radius 2 is 2.00 bits per heavy atom. The van der Waals surface area contributed by atoms with Crippen LogP contribution in [0, 0.1) is 18.2 Å². The molecule has 0 unspecified atom stereocenters. The van der Waals surface area contributed by atoms with Gasteiger partial charge in [-0.25, -0.2) is 4.39 Å². The molecule has 0 saturated heterocycles. The van der Waals surface area contributed by atoms with E-state index in [1.54, 1.807) is 6.92 Å². The summed E-state index contributed by atoms with van der Waals surface area (Å²) >= 11 is 0. The molecular weight excluding hydrogens is 237 g/mol. The van der Waals surface area contributed by atoms with Crippen molar-refractivity contribution in [3.63, 3.8) is 0 Å². The molecule has 0 heterocycles. The molecule has 1 aromatic carbocycles. The molecule has 0 saturated carbocycles. The van der Waals surface area contributed by atoms with Gasteiger partial charge in [0, 0.05) is 12.1 Å². The summed E-state index contributed by atoms with van der Waals surface area (Å²) in [5.74, 6) is -1.94. The highest BCUT2D eigenvalue weighted by atomic mass is 19.1. The summed E-state index contributed by atoms with van der Waals surface area (Å²) in [6, 6.07) is 4.15. The van der Waals surface area contributed by atoms with Crippen molar-refractivity contribution in [2.75, 3.05) is 6.54 Å². The molecule has 0 bridgehead atoms. The first-order chi connectivity index (χ1) is 8.24. The highest BCUT2D eigenvalue weighted by molar-refractivity contribution is 5.94. The highest BCUT2D eigenvalue weighted by Gasteiger charge is 2.27. The van der Waals surface area contributed by atoms with Gasteiger partial charge in [0.05, 0.1) is 5.41 Å². The summed E-state index contributed by atoms with van der Waals surface area (Å²) in [4.78, 5) is 22.6. The normalized spacial score (nSPS) is 11.1. The van der Waals surface area contributed by atoms with Gasteiger partial charge in [-0.1, -0.05) is 6.07 Å². The fourth-order valence-electron chi connectivity index (χ4n) is 1.21. The van der Waals surface area contributed by atoms with Crippen LogP contribution in [0.4, 0.5) is 4.39 Å². The molecule has 0 fully saturated rings. The molecule has 0 atom stereocenters. The van der Waals surface area contributed by atoms with Crippen LogP contribution in [0.2, 0.25) is 0 Å². The Kier molecular flexibility index (Phi) is 4.06. The Labute approximate surface area is 105 Å². The smallest absolute Gasteiger partial charge is 0.310 e. The fraction of sp³-hybridized carbons (Fsp3) is 0.385. The fourth-order valence-corrected chi connectivity index (χ4v) is 1.21. The summed E-state index contributed by atoms with van der Waals surface area (Å²) in [5.41, 5.74) is -0.421. The second kappa shape index (κ2) is 5.16. The molecule has 1 amide bonds. The van der Waals surface area contributed by atoms with Crippen molar-refractivity contribution in [3.05, 3.63) is 35.1 Å². The van der Waals surface area contributed by atoms with E-state index in [0.29, 0.717) is 5.56 Å². The number of hydrogen-bond donors (Lipinski definition) is 2. The first-order valence-corrected chi connectivity index (χ1v) is 5.52. The Morgan fingerprint density at radius 3 is 2.50 bits per heavy atom. The van der Waals surface area contributed by atoms with Crippen molar-refractivity contribution in [2.45, 2.75) is 20.8 Å². The number of carboxylic acid groups (broad SMARTS) is 1. The van der Waals surface area contributed by atoms with Crippen molar-refractivity contribution in [1.29, 1.82) is 0 Å². The minimum atomic E-state index is -1.06. The maximum absolute atomic E-state index is 13.3. The number of rotatable bonds is 4. The number of amides is 1. The van der Waals surface area contributed by atoms with Gasteiger partial charge in [-0.05, 0) is 38.5 Å². The van der Waals surface area contributed by atoms with Crippen LogP contribution in [-0.4, -0.2) is 23.5 Å². The van der Waals surface area contributed by atoms with E-state index < -0.39 is 23.1 Å². The molecule has 4 nitrogen and oxygen atoms in total. The van der Waals surface area contributed by atoms with E-state index >= 15 is 0 Å². The van der Waals surface area contributed by atoms with Crippen molar-refractivity contribution >= 4 is 11.9 Å². The lowest BCUT2D eigenvalue weighted by Crippen LogP contribution is -2.38. The number of carboxylic acids is 1. The van der Waals surface area contributed by atoms with Gasteiger partial charge in [0.15, 0.2) is 0 Å². The van der Waals surface area contributed by atoms with Crippen LogP contribution in [-0.2, 0) is 4.79 Å². The minimum absolute atomic E-state index is 0.0172. The third-order valence-electron chi connectivity index (χ3n) is 2.70. The maximum atomic E-state index is 13.3. The molecule has 1 rings (SSSR count). The minimum Gasteiger partial charge on any atom is -0.481 e. The van der Waals surface area contributed by atoms with Crippen molar-refractivity contribution in [3.8, 4) is 0 Å². The SMILES string of the molecule is Cc1ccc(C(=O)NCC(C)(C)C(=O)O)cc1F. The van der Waals surface area contributed by atoms with Gasteiger partial charge >= 0.3 is 5.97 Å². The van der Waals surface area contributed by atoms with Crippen LogP contribution < -0.4 is 5.32 Å². The number of benzene rings is 1. The number of aliphatic carboxylic acids is 1. The summed E-state index contributed by atoms with van der Waals surface area (Å²) in [5, 5.41) is 11.4. The summed E-state index contributed by atoms with van der Waals surface area (Å²) < 4.78 is 13.3. The number of nitrogens with one attached hydrogen (secondary N) is 1. The average molecular weight is 253 g/mol. The van der Waals surface area contributed by atoms with Crippen LogP contribution in [0.15, 0.2) is 18.2 Å². The van der Waals surface area contributed by atoms with E-state index in [2.05, 4.69) is 5.32 Å². The van der Waals surface area contributed by atoms with Crippen molar-refractivity contribution in [2.24, 2.45) is 5.41 Å². The van der Waals surface area contributed by atoms with E-state index in [0.717, 1.165) is 6.07 Å². The third kappa shape index (κ3) is 3.29. The molecule has 0 spiro atoms. The van der Waals surface area contributed by atoms with Crippen molar-refractivity contribution < 1.29 is 19.1 Å². The van der Waals surface area contributed by atoms with Crippen LogP contribution in [0.1, 0.15) is 29.8 Å². The Morgan fingerprint density at radius 1 is 1.39 bits per heavy atom.